The Balaban J connectivity index is 1.61. The molecule has 8 unspecified atom stereocenters. The fourth-order valence-electron chi connectivity index (χ4n) is 10.3. The predicted octanol–water partition coefficient (Wildman–Crippen LogP) is 6.58. The van der Waals surface area contributed by atoms with Gasteiger partial charge >= 0.3 is 5.97 Å². The number of hydrogen-bond acceptors (Lipinski definition) is 3. The summed E-state index contributed by atoms with van der Waals surface area (Å²) in [6, 6.07) is 2.23. The Labute approximate surface area is 204 Å². The molecule has 4 heteroatoms. The van der Waals surface area contributed by atoms with Crippen molar-refractivity contribution in [3.63, 3.8) is 0 Å². The molecule has 34 heavy (non-hydrogen) atoms. The van der Waals surface area contributed by atoms with Crippen molar-refractivity contribution < 1.29 is 14.7 Å². The van der Waals surface area contributed by atoms with E-state index in [0.717, 1.165) is 38.5 Å². The molecule has 0 aromatic carbocycles. The number of hydrogen-bond donors (Lipinski definition) is 1. The second-order valence-electron chi connectivity index (χ2n) is 13.6. The van der Waals surface area contributed by atoms with Gasteiger partial charge in [0.1, 0.15) is 6.07 Å². The van der Waals surface area contributed by atoms with Crippen molar-refractivity contribution in [2.75, 3.05) is 0 Å². The molecule has 0 heterocycles. The van der Waals surface area contributed by atoms with E-state index in [-0.39, 0.29) is 28.4 Å². The van der Waals surface area contributed by atoms with Crippen molar-refractivity contribution in [1.82, 2.24) is 0 Å². The SMILES string of the molecule is CC(C)C1CCC2(C(=O)O)CC=C3C(CCC4C3(C)CCC3C(C)(C)C(=O)C(C#N)=CC34C)C12. The van der Waals surface area contributed by atoms with Gasteiger partial charge in [0, 0.05) is 5.41 Å². The van der Waals surface area contributed by atoms with Crippen LogP contribution in [0.4, 0.5) is 0 Å². The molecule has 0 aliphatic heterocycles. The van der Waals surface area contributed by atoms with Gasteiger partial charge < -0.3 is 5.11 Å². The molecule has 0 saturated heterocycles. The summed E-state index contributed by atoms with van der Waals surface area (Å²) in [6.45, 7) is 13.4. The van der Waals surface area contributed by atoms with E-state index in [9.17, 15) is 20.0 Å². The minimum Gasteiger partial charge on any atom is -0.481 e. The number of carbonyl (C=O) groups excluding carboxylic acids is 1. The van der Waals surface area contributed by atoms with Gasteiger partial charge in [0.05, 0.1) is 11.0 Å². The average molecular weight is 464 g/mol. The lowest BCUT2D eigenvalue weighted by Crippen LogP contribution is -2.60. The normalized spacial score (nSPS) is 46.9. The summed E-state index contributed by atoms with van der Waals surface area (Å²) in [6.07, 6.45) is 11.0. The van der Waals surface area contributed by atoms with E-state index in [0.29, 0.717) is 35.7 Å². The quantitative estimate of drug-likeness (QED) is 0.469. The second kappa shape index (κ2) is 7.31. The maximum absolute atomic E-state index is 13.1. The Bertz CT molecular complexity index is 1040. The molecule has 0 bridgehead atoms. The molecule has 5 aliphatic rings. The molecule has 4 nitrogen and oxygen atoms in total. The molecule has 3 fully saturated rings. The first-order valence-corrected chi connectivity index (χ1v) is 13.5. The fourth-order valence-corrected chi connectivity index (χ4v) is 10.3. The Hall–Kier alpha value is -1.89. The molecule has 0 amide bonds. The molecule has 3 saturated carbocycles. The predicted molar refractivity (Wildman–Crippen MR) is 131 cm³/mol. The summed E-state index contributed by atoms with van der Waals surface area (Å²) < 4.78 is 0. The molecule has 0 spiro atoms. The van der Waals surface area contributed by atoms with Crippen LogP contribution in [0.2, 0.25) is 0 Å². The van der Waals surface area contributed by atoms with Gasteiger partial charge in [-0.3, -0.25) is 9.59 Å². The highest BCUT2D eigenvalue weighted by Crippen LogP contribution is 2.71. The van der Waals surface area contributed by atoms with Crippen LogP contribution < -0.4 is 0 Å². The number of aliphatic carboxylic acids is 1. The summed E-state index contributed by atoms with van der Waals surface area (Å²) in [5.74, 6) is 1.55. The van der Waals surface area contributed by atoms with Crippen molar-refractivity contribution in [2.24, 2.45) is 57.2 Å². The van der Waals surface area contributed by atoms with Gasteiger partial charge in [0.2, 0.25) is 0 Å². The number of carbonyl (C=O) groups is 2. The minimum atomic E-state index is -0.597. The summed E-state index contributed by atoms with van der Waals surface area (Å²) in [4.78, 5) is 25.8. The number of ketones is 1. The van der Waals surface area contributed by atoms with Gasteiger partial charge in [0.15, 0.2) is 5.78 Å². The van der Waals surface area contributed by atoms with Crippen LogP contribution in [-0.4, -0.2) is 16.9 Å². The monoisotopic (exact) mass is 463 g/mol. The average Bonchev–Trinajstić information content (AvgIpc) is 3.18. The molecule has 0 radical (unpaired) electrons. The zero-order valence-electron chi connectivity index (χ0n) is 21.8. The summed E-state index contributed by atoms with van der Waals surface area (Å²) in [5.41, 5.74) is 0.528. The van der Waals surface area contributed by atoms with Gasteiger partial charge in [-0.05, 0) is 91.3 Å². The lowest BCUT2D eigenvalue weighted by atomic mass is 9.38. The van der Waals surface area contributed by atoms with Gasteiger partial charge in [-0.2, -0.15) is 5.26 Å². The topological polar surface area (TPSA) is 78.2 Å². The number of rotatable bonds is 2. The smallest absolute Gasteiger partial charge is 0.310 e. The van der Waals surface area contributed by atoms with Crippen molar-refractivity contribution in [1.29, 1.82) is 5.26 Å². The number of nitrogens with zero attached hydrogens (tertiary/aromatic N) is 1. The molecule has 184 valence electrons. The van der Waals surface area contributed by atoms with E-state index in [1.165, 1.54) is 5.57 Å². The lowest BCUT2D eigenvalue weighted by Gasteiger charge is -2.65. The number of fused-ring (bicyclic) bond motifs is 7. The number of allylic oxidation sites excluding steroid dienone is 4. The summed E-state index contributed by atoms with van der Waals surface area (Å²) in [5, 5.41) is 20.2. The number of nitriles is 1. The summed E-state index contributed by atoms with van der Waals surface area (Å²) in [7, 11) is 0. The Morgan fingerprint density at radius 3 is 2.41 bits per heavy atom. The van der Waals surface area contributed by atoms with E-state index in [1.54, 1.807) is 0 Å². The highest BCUT2D eigenvalue weighted by Gasteiger charge is 2.66. The molecule has 8 atom stereocenters. The van der Waals surface area contributed by atoms with E-state index < -0.39 is 16.8 Å². The zero-order chi connectivity index (χ0) is 24.8. The van der Waals surface area contributed by atoms with Crippen LogP contribution in [0.5, 0.6) is 0 Å². The molecule has 5 aliphatic carbocycles. The number of Topliss-reactive ketones (excluding diaryl/α,β-unsaturated/α-hetero) is 1. The van der Waals surface area contributed by atoms with Gasteiger partial charge in [-0.15, -0.1) is 0 Å². The van der Waals surface area contributed by atoms with Gasteiger partial charge in [0.25, 0.3) is 0 Å². The van der Waals surface area contributed by atoms with Crippen LogP contribution in [0, 0.1) is 68.5 Å². The number of carboxylic acid groups (broad SMARTS) is 1. The third-order valence-corrected chi connectivity index (χ3v) is 11.8. The maximum Gasteiger partial charge on any atom is 0.310 e. The zero-order valence-corrected chi connectivity index (χ0v) is 21.8. The van der Waals surface area contributed by atoms with Gasteiger partial charge in [-0.1, -0.05) is 59.3 Å². The largest absolute Gasteiger partial charge is 0.481 e. The fraction of sp³-hybridized carbons (Fsp3) is 0.767. The molecule has 1 N–H and O–H groups in total. The van der Waals surface area contributed by atoms with E-state index in [4.69, 9.17) is 0 Å². The van der Waals surface area contributed by atoms with Crippen LogP contribution in [0.25, 0.3) is 0 Å². The van der Waals surface area contributed by atoms with Crippen LogP contribution >= 0.6 is 0 Å². The first kappa shape index (κ1) is 23.8. The maximum atomic E-state index is 13.1. The van der Waals surface area contributed by atoms with Crippen LogP contribution in [-0.2, 0) is 9.59 Å². The lowest BCUT2D eigenvalue weighted by molar-refractivity contribution is -0.156. The first-order valence-electron chi connectivity index (χ1n) is 13.5. The molecular weight excluding hydrogens is 422 g/mol. The minimum absolute atomic E-state index is 0.00335. The first-order chi connectivity index (χ1) is 15.8. The molecule has 5 rings (SSSR count). The van der Waals surface area contributed by atoms with Crippen molar-refractivity contribution in [3.05, 3.63) is 23.3 Å². The van der Waals surface area contributed by atoms with Crippen LogP contribution in [0.1, 0.15) is 86.5 Å². The van der Waals surface area contributed by atoms with Crippen molar-refractivity contribution in [2.45, 2.75) is 86.5 Å². The second-order valence-corrected chi connectivity index (χ2v) is 13.6. The number of carboxylic acids is 1. The Morgan fingerprint density at radius 2 is 1.79 bits per heavy atom. The Kier molecular flexibility index (Phi) is 5.13. The third kappa shape index (κ3) is 2.76. The van der Waals surface area contributed by atoms with E-state index >= 15 is 0 Å². The van der Waals surface area contributed by atoms with Crippen molar-refractivity contribution >= 4 is 11.8 Å². The van der Waals surface area contributed by atoms with Crippen LogP contribution in [0.3, 0.4) is 0 Å². The highest BCUT2D eigenvalue weighted by molar-refractivity contribution is 6.04. The third-order valence-electron chi connectivity index (χ3n) is 11.8. The van der Waals surface area contributed by atoms with Crippen LogP contribution in [0.15, 0.2) is 23.3 Å². The summed E-state index contributed by atoms with van der Waals surface area (Å²) >= 11 is 0. The standard InChI is InChI=1S/C30H41NO3/c1-17(2)19-9-13-30(26(33)34)14-10-21-20(24(19)30)7-8-23-28(21,5)12-11-22-27(3,4)25(32)18(16-31)15-29(22,23)6/h10,15,17,19-20,22-24H,7-9,11-14H2,1-6H3,(H,33,34). The van der Waals surface area contributed by atoms with Crippen molar-refractivity contribution in [3.8, 4) is 6.07 Å². The molecule has 0 aromatic rings. The highest BCUT2D eigenvalue weighted by atomic mass is 16.4. The molecule has 0 aromatic heterocycles. The van der Waals surface area contributed by atoms with Gasteiger partial charge in [-0.25, -0.2) is 0 Å². The van der Waals surface area contributed by atoms with E-state index in [1.807, 2.05) is 19.9 Å². The Morgan fingerprint density at radius 1 is 1.09 bits per heavy atom. The molecular formula is C30H41NO3. The van der Waals surface area contributed by atoms with E-state index in [2.05, 4.69) is 39.8 Å².